The van der Waals surface area contributed by atoms with Crippen LogP contribution in [0.25, 0.3) is 0 Å². The molecule has 0 radical (unpaired) electrons. The van der Waals surface area contributed by atoms with Crippen molar-refractivity contribution in [1.82, 2.24) is 10.2 Å². The lowest BCUT2D eigenvalue weighted by atomic mass is 10.1. The third kappa shape index (κ3) is 6.57. The number of nitrogens with two attached hydrogens (primary N) is 1. The van der Waals surface area contributed by atoms with Gasteiger partial charge < -0.3 is 20.7 Å². The molecule has 8 heteroatoms. The van der Waals surface area contributed by atoms with Gasteiger partial charge in [-0.2, -0.15) is 0 Å². The zero-order valence-corrected chi connectivity index (χ0v) is 15.8. The predicted octanol–water partition coefficient (Wildman–Crippen LogP) is 1.56. The Labute approximate surface area is 149 Å². The van der Waals surface area contributed by atoms with Gasteiger partial charge in [-0.1, -0.05) is 15.9 Å². The maximum Gasteiger partial charge on any atom is 0.340 e. The molecule has 0 bridgehead atoms. The van der Waals surface area contributed by atoms with Crippen molar-refractivity contribution >= 4 is 39.4 Å². The van der Waals surface area contributed by atoms with Gasteiger partial charge in [0.25, 0.3) is 5.91 Å². The molecule has 7 nitrogen and oxygen atoms in total. The van der Waals surface area contributed by atoms with Crippen LogP contribution in [0.15, 0.2) is 22.7 Å². The van der Waals surface area contributed by atoms with Crippen LogP contribution >= 0.6 is 15.9 Å². The number of halogens is 1. The second-order valence-corrected chi connectivity index (χ2v) is 7.27. The lowest BCUT2D eigenvalue weighted by Crippen LogP contribution is -2.46. The average molecular weight is 400 g/mol. The minimum absolute atomic E-state index is 0.118. The molecule has 0 aromatic heterocycles. The summed E-state index contributed by atoms with van der Waals surface area (Å²) in [4.78, 5) is 36.9. The number of hydrogen-bond donors (Lipinski definition) is 2. The normalized spacial score (nSPS) is 10.9. The molecule has 0 atom stereocenters. The van der Waals surface area contributed by atoms with Gasteiger partial charge in [0.15, 0.2) is 6.61 Å². The number of nitrogens with one attached hydrogen (secondary N) is 1. The summed E-state index contributed by atoms with van der Waals surface area (Å²) in [5, 5.41) is 2.75. The number of anilines is 1. The third-order valence-electron chi connectivity index (χ3n) is 2.88. The van der Waals surface area contributed by atoms with Crippen LogP contribution in [-0.2, 0) is 14.3 Å². The fraction of sp³-hybridized carbons (Fsp3) is 0.438. The van der Waals surface area contributed by atoms with Crippen molar-refractivity contribution in [3.63, 3.8) is 0 Å². The first-order chi connectivity index (χ1) is 11.0. The van der Waals surface area contributed by atoms with Gasteiger partial charge in [0.1, 0.15) is 0 Å². The third-order valence-corrected chi connectivity index (χ3v) is 3.38. The zero-order chi connectivity index (χ0) is 18.5. The lowest BCUT2D eigenvalue weighted by Gasteiger charge is -2.23. The number of benzene rings is 1. The summed E-state index contributed by atoms with van der Waals surface area (Å²) in [7, 11) is 1.46. The molecule has 1 aromatic rings. The van der Waals surface area contributed by atoms with Crippen LogP contribution in [0.4, 0.5) is 5.69 Å². The molecule has 0 aliphatic heterocycles. The Morgan fingerprint density at radius 1 is 1.29 bits per heavy atom. The monoisotopic (exact) mass is 399 g/mol. The van der Waals surface area contributed by atoms with Crippen molar-refractivity contribution in [3.8, 4) is 0 Å². The number of rotatable bonds is 5. The van der Waals surface area contributed by atoms with E-state index in [9.17, 15) is 14.4 Å². The minimum atomic E-state index is -0.699. The number of amides is 2. The summed E-state index contributed by atoms with van der Waals surface area (Å²) in [6, 6.07) is 4.77. The molecule has 0 aliphatic carbocycles. The average Bonchev–Trinajstić information content (AvgIpc) is 2.44. The van der Waals surface area contributed by atoms with E-state index in [-0.39, 0.29) is 29.2 Å². The Hall–Kier alpha value is -2.09. The van der Waals surface area contributed by atoms with Gasteiger partial charge in [0.2, 0.25) is 5.91 Å². The first-order valence-electron chi connectivity index (χ1n) is 7.27. The number of likely N-dealkylation sites (N-methyl/N-ethyl adjacent to an activating group) is 1. The molecule has 0 unspecified atom stereocenters. The smallest absolute Gasteiger partial charge is 0.340 e. The summed E-state index contributed by atoms with van der Waals surface area (Å²) in [5.41, 5.74) is 5.76. The molecule has 2 amide bonds. The van der Waals surface area contributed by atoms with Crippen LogP contribution in [-0.4, -0.2) is 48.4 Å². The largest absolute Gasteiger partial charge is 0.452 e. The number of hydrogen-bond acceptors (Lipinski definition) is 5. The SMILES string of the molecule is CN(CC(=O)NC(C)(C)C)C(=O)COC(=O)c1cc(Br)ccc1N. The van der Waals surface area contributed by atoms with Gasteiger partial charge in [-0.05, 0) is 39.0 Å². The molecule has 0 aliphatic rings. The Bertz CT molecular complexity index is 641. The Balaban J connectivity index is 2.54. The van der Waals surface area contributed by atoms with Crippen LogP contribution in [0.2, 0.25) is 0 Å². The number of carbonyl (C=O) groups excluding carboxylic acids is 3. The van der Waals surface area contributed by atoms with Crippen molar-refractivity contribution in [2.45, 2.75) is 26.3 Å². The van der Waals surface area contributed by atoms with Gasteiger partial charge in [-0.25, -0.2) is 4.79 Å². The number of ether oxygens (including phenoxy) is 1. The molecule has 0 saturated carbocycles. The zero-order valence-electron chi connectivity index (χ0n) is 14.2. The highest BCUT2D eigenvalue weighted by Gasteiger charge is 2.19. The molecule has 132 valence electrons. The summed E-state index contributed by atoms with van der Waals surface area (Å²) < 4.78 is 5.64. The first kappa shape index (κ1) is 20.0. The summed E-state index contributed by atoms with van der Waals surface area (Å²) in [6.45, 7) is 4.95. The Morgan fingerprint density at radius 3 is 2.50 bits per heavy atom. The van der Waals surface area contributed by atoms with E-state index in [2.05, 4.69) is 21.2 Å². The van der Waals surface area contributed by atoms with Gasteiger partial charge in [-0.3, -0.25) is 9.59 Å². The molecule has 0 saturated heterocycles. The van der Waals surface area contributed by atoms with Gasteiger partial charge in [-0.15, -0.1) is 0 Å². The molecule has 1 aromatic carbocycles. The molecule has 0 spiro atoms. The summed E-state index contributed by atoms with van der Waals surface area (Å²) >= 11 is 3.24. The lowest BCUT2D eigenvalue weighted by molar-refractivity contribution is -0.137. The van der Waals surface area contributed by atoms with E-state index in [1.165, 1.54) is 18.0 Å². The molecular formula is C16H22BrN3O4. The summed E-state index contributed by atoms with van der Waals surface area (Å²) in [6.07, 6.45) is 0. The minimum Gasteiger partial charge on any atom is -0.452 e. The van der Waals surface area contributed by atoms with E-state index in [1.54, 1.807) is 12.1 Å². The Morgan fingerprint density at radius 2 is 1.92 bits per heavy atom. The molecule has 0 fully saturated rings. The van der Waals surface area contributed by atoms with Crippen molar-refractivity contribution in [3.05, 3.63) is 28.2 Å². The van der Waals surface area contributed by atoms with E-state index in [0.29, 0.717) is 4.47 Å². The Kier molecular flexibility index (Phi) is 6.77. The van der Waals surface area contributed by atoms with Crippen molar-refractivity contribution in [1.29, 1.82) is 0 Å². The standard InChI is InChI=1S/C16H22BrN3O4/c1-16(2,3)19-13(21)8-20(4)14(22)9-24-15(23)11-7-10(17)5-6-12(11)18/h5-7H,8-9,18H2,1-4H3,(H,19,21). The summed E-state index contributed by atoms with van der Waals surface area (Å²) in [5.74, 6) is -1.48. The number of nitrogen functional groups attached to an aromatic ring is 1. The van der Waals surface area contributed by atoms with Crippen molar-refractivity contribution in [2.24, 2.45) is 0 Å². The first-order valence-corrected chi connectivity index (χ1v) is 8.06. The predicted molar refractivity (Wildman–Crippen MR) is 94.4 cm³/mol. The fourth-order valence-corrected chi connectivity index (χ4v) is 2.14. The quantitative estimate of drug-likeness (QED) is 0.577. The van der Waals surface area contributed by atoms with Crippen LogP contribution in [0.5, 0.6) is 0 Å². The fourth-order valence-electron chi connectivity index (χ4n) is 1.78. The van der Waals surface area contributed by atoms with Crippen molar-refractivity contribution < 1.29 is 19.1 Å². The highest BCUT2D eigenvalue weighted by Crippen LogP contribution is 2.19. The second-order valence-electron chi connectivity index (χ2n) is 6.36. The van der Waals surface area contributed by atoms with E-state index < -0.39 is 18.5 Å². The van der Waals surface area contributed by atoms with E-state index >= 15 is 0 Å². The topological polar surface area (TPSA) is 102 Å². The van der Waals surface area contributed by atoms with Crippen LogP contribution in [0.1, 0.15) is 31.1 Å². The molecule has 24 heavy (non-hydrogen) atoms. The van der Waals surface area contributed by atoms with Crippen LogP contribution < -0.4 is 11.1 Å². The van der Waals surface area contributed by atoms with Crippen LogP contribution in [0.3, 0.4) is 0 Å². The maximum absolute atomic E-state index is 12.0. The second kappa shape index (κ2) is 8.14. The highest BCUT2D eigenvalue weighted by molar-refractivity contribution is 9.10. The van der Waals surface area contributed by atoms with Gasteiger partial charge >= 0.3 is 5.97 Å². The molecule has 1 rings (SSSR count). The van der Waals surface area contributed by atoms with Gasteiger partial charge in [0, 0.05) is 22.7 Å². The maximum atomic E-state index is 12.0. The molecule has 3 N–H and O–H groups in total. The number of nitrogens with zero attached hydrogens (tertiary/aromatic N) is 1. The van der Waals surface area contributed by atoms with E-state index in [4.69, 9.17) is 10.5 Å². The number of carbonyl (C=O) groups is 3. The molecular weight excluding hydrogens is 378 g/mol. The van der Waals surface area contributed by atoms with E-state index in [0.717, 1.165) is 0 Å². The van der Waals surface area contributed by atoms with Crippen LogP contribution in [0, 0.1) is 0 Å². The number of esters is 1. The van der Waals surface area contributed by atoms with Gasteiger partial charge in [0.05, 0.1) is 12.1 Å². The molecule has 0 heterocycles. The van der Waals surface area contributed by atoms with E-state index in [1.807, 2.05) is 20.8 Å². The highest BCUT2D eigenvalue weighted by atomic mass is 79.9. The van der Waals surface area contributed by atoms with Crippen molar-refractivity contribution in [2.75, 3.05) is 25.9 Å².